The fourth-order valence-corrected chi connectivity index (χ4v) is 2.58. The molecule has 1 aliphatic heterocycles. The lowest BCUT2D eigenvalue weighted by Gasteiger charge is -2.30. The molecule has 3 rings (SSSR count). The van der Waals surface area contributed by atoms with Crippen molar-refractivity contribution in [3.63, 3.8) is 0 Å². The number of hydrazine groups is 1. The van der Waals surface area contributed by atoms with Crippen LogP contribution in [0.5, 0.6) is 0 Å². The molecular weight excluding hydrogens is 285 g/mol. The standard InChI is InChI=1S/C16H16FN3O2/c17-15-7-12(16(21)19-22)6-13-8-18-20(10-14(13)15)9-11-4-2-1-3-5-11/h1-7,18,22H,8-10H2,(H,19,21). The quantitative estimate of drug-likeness (QED) is 0.599. The van der Waals surface area contributed by atoms with Crippen molar-refractivity contribution in [2.45, 2.75) is 19.6 Å². The Hall–Kier alpha value is -2.28. The lowest BCUT2D eigenvalue weighted by molar-refractivity contribution is 0.0705. The highest BCUT2D eigenvalue weighted by atomic mass is 19.1. The van der Waals surface area contributed by atoms with Crippen molar-refractivity contribution in [1.29, 1.82) is 0 Å². The first-order valence-corrected chi connectivity index (χ1v) is 6.95. The molecule has 0 fully saturated rings. The van der Waals surface area contributed by atoms with Crippen molar-refractivity contribution >= 4 is 5.91 Å². The van der Waals surface area contributed by atoms with Crippen molar-refractivity contribution in [3.05, 3.63) is 70.5 Å². The van der Waals surface area contributed by atoms with Crippen LogP contribution in [0.3, 0.4) is 0 Å². The second-order valence-electron chi connectivity index (χ2n) is 5.21. The van der Waals surface area contributed by atoms with Crippen molar-refractivity contribution in [2.75, 3.05) is 0 Å². The fourth-order valence-electron chi connectivity index (χ4n) is 2.58. The molecule has 0 saturated carbocycles. The number of fused-ring (bicyclic) bond motifs is 1. The zero-order valence-corrected chi connectivity index (χ0v) is 11.8. The predicted octanol–water partition coefficient (Wildman–Crippen LogP) is 1.97. The van der Waals surface area contributed by atoms with Gasteiger partial charge in [0, 0.05) is 30.8 Å². The molecule has 0 saturated heterocycles. The van der Waals surface area contributed by atoms with Crippen LogP contribution >= 0.6 is 0 Å². The minimum Gasteiger partial charge on any atom is -0.288 e. The first-order valence-electron chi connectivity index (χ1n) is 6.95. The van der Waals surface area contributed by atoms with Crippen molar-refractivity contribution in [2.24, 2.45) is 0 Å². The third kappa shape index (κ3) is 2.99. The molecule has 0 aliphatic carbocycles. The Balaban J connectivity index is 1.80. The number of halogens is 1. The van der Waals surface area contributed by atoms with E-state index in [1.807, 2.05) is 35.3 Å². The average molecular weight is 301 g/mol. The summed E-state index contributed by atoms with van der Waals surface area (Å²) in [6, 6.07) is 12.7. The summed E-state index contributed by atoms with van der Waals surface area (Å²) in [4.78, 5) is 11.4. The highest BCUT2D eigenvalue weighted by molar-refractivity contribution is 5.93. The number of benzene rings is 2. The van der Waals surface area contributed by atoms with Gasteiger partial charge in [0.1, 0.15) is 5.82 Å². The molecular formula is C16H16FN3O2. The van der Waals surface area contributed by atoms with Gasteiger partial charge >= 0.3 is 0 Å². The molecule has 0 atom stereocenters. The van der Waals surface area contributed by atoms with Crippen LogP contribution in [0, 0.1) is 5.82 Å². The number of carbonyl (C=O) groups excluding carboxylic acids is 1. The van der Waals surface area contributed by atoms with Crippen LogP contribution in [0.1, 0.15) is 27.0 Å². The Morgan fingerprint density at radius 1 is 1.32 bits per heavy atom. The average Bonchev–Trinajstić information content (AvgIpc) is 2.55. The van der Waals surface area contributed by atoms with E-state index in [9.17, 15) is 9.18 Å². The van der Waals surface area contributed by atoms with Crippen molar-refractivity contribution in [3.8, 4) is 0 Å². The molecule has 6 heteroatoms. The largest absolute Gasteiger partial charge is 0.288 e. The van der Waals surface area contributed by atoms with Crippen molar-refractivity contribution in [1.82, 2.24) is 15.9 Å². The molecule has 114 valence electrons. The molecule has 1 amide bonds. The van der Waals surface area contributed by atoms with Gasteiger partial charge in [-0.15, -0.1) is 0 Å². The highest BCUT2D eigenvalue weighted by Gasteiger charge is 2.21. The summed E-state index contributed by atoms with van der Waals surface area (Å²) in [5.74, 6) is -1.15. The van der Waals surface area contributed by atoms with Gasteiger partial charge in [-0.2, -0.15) is 0 Å². The molecule has 1 heterocycles. The van der Waals surface area contributed by atoms with Crippen LogP contribution in [-0.2, 0) is 19.6 Å². The second kappa shape index (κ2) is 6.23. The smallest absolute Gasteiger partial charge is 0.274 e. The Bertz CT molecular complexity index is 691. The van der Waals surface area contributed by atoms with E-state index in [2.05, 4.69) is 5.43 Å². The van der Waals surface area contributed by atoms with E-state index < -0.39 is 11.7 Å². The lowest BCUT2D eigenvalue weighted by Crippen LogP contribution is -2.41. The van der Waals surface area contributed by atoms with Crippen LogP contribution < -0.4 is 10.9 Å². The van der Waals surface area contributed by atoms with Crippen LogP contribution in [0.15, 0.2) is 42.5 Å². The van der Waals surface area contributed by atoms with Gasteiger partial charge in [-0.05, 0) is 23.3 Å². The molecule has 0 bridgehead atoms. The minimum atomic E-state index is -0.714. The summed E-state index contributed by atoms with van der Waals surface area (Å²) in [6.07, 6.45) is 0. The molecule has 2 aromatic rings. The molecule has 22 heavy (non-hydrogen) atoms. The molecule has 3 N–H and O–H groups in total. The number of amides is 1. The maximum absolute atomic E-state index is 14.2. The van der Waals surface area contributed by atoms with Gasteiger partial charge in [-0.25, -0.2) is 14.9 Å². The van der Waals surface area contributed by atoms with E-state index in [0.717, 1.165) is 17.2 Å². The molecule has 0 spiro atoms. The molecule has 2 aromatic carbocycles. The maximum atomic E-state index is 14.2. The number of hydrogen-bond donors (Lipinski definition) is 3. The van der Waals surface area contributed by atoms with Crippen LogP contribution in [0.2, 0.25) is 0 Å². The third-order valence-corrected chi connectivity index (χ3v) is 3.71. The Kier molecular flexibility index (Phi) is 4.15. The van der Waals surface area contributed by atoms with Gasteiger partial charge in [0.05, 0.1) is 0 Å². The Morgan fingerprint density at radius 2 is 2.09 bits per heavy atom. The molecule has 0 unspecified atom stereocenters. The number of hydrogen-bond acceptors (Lipinski definition) is 4. The monoisotopic (exact) mass is 301 g/mol. The van der Waals surface area contributed by atoms with Crippen LogP contribution in [0.4, 0.5) is 4.39 Å². The van der Waals surface area contributed by atoms with Gasteiger partial charge in [0.25, 0.3) is 5.91 Å². The van der Waals surface area contributed by atoms with E-state index in [-0.39, 0.29) is 5.56 Å². The zero-order valence-electron chi connectivity index (χ0n) is 11.8. The zero-order chi connectivity index (χ0) is 15.5. The van der Waals surface area contributed by atoms with Gasteiger partial charge < -0.3 is 0 Å². The normalized spacial score (nSPS) is 14.5. The lowest BCUT2D eigenvalue weighted by atomic mass is 10.0. The van der Waals surface area contributed by atoms with E-state index in [4.69, 9.17) is 5.21 Å². The van der Waals surface area contributed by atoms with Crippen LogP contribution in [-0.4, -0.2) is 16.1 Å². The Labute approximate surface area is 127 Å². The predicted molar refractivity (Wildman–Crippen MR) is 78.2 cm³/mol. The van der Waals surface area contributed by atoms with E-state index in [0.29, 0.717) is 25.2 Å². The first-order chi connectivity index (χ1) is 10.7. The fraction of sp³-hybridized carbons (Fsp3) is 0.188. The number of nitrogens with one attached hydrogen (secondary N) is 2. The third-order valence-electron chi connectivity index (χ3n) is 3.71. The van der Waals surface area contributed by atoms with Gasteiger partial charge in [0.15, 0.2) is 0 Å². The molecule has 5 nitrogen and oxygen atoms in total. The number of rotatable bonds is 3. The minimum absolute atomic E-state index is 0.108. The number of hydroxylamine groups is 1. The van der Waals surface area contributed by atoms with Crippen molar-refractivity contribution < 1.29 is 14.4 Å². The number of nitrogens with zero attached hydrogens (tertiary/aromatic N) is 1. The summed E-state index contributed by atoms with van der Waals surface area (Å²) in [5, 5.41) is 10.6. The van der Waals surface area contributed by atoms with Gasteiger partial charge in [0.2, 0.25) is 0 Å². The molecule has 1 aliphatic rings. The maximum Gasteiger partial charge on any atom is 0.274 e. The summed E-state index contributed by atoms with van der Waals surface area (Å²) >= 11 is 0. The summed E-state index contributed by atoms with van der Waals surface area (Å²) in [7, 11) is 0. The summed E-state index contributed by atoms with van der Waals surface area (Å²) in [5.41, 5.74) is 7.27. The molecule has 0 radical (unpaired) electrons. The number of carbonyl (C=O) groups is 1. The highest BCUT2D eigenvalue weighted by Crippen LogP contribution is 2.22. The van der Waals surface area contributed by atoms with Gasteiger partial charge in [-0.1, -0.05) is 30.3 Å². The first kappa shape index (κ1) is 14.6. The van der Waals surface area contributed by atoms with Gasteiger partial charge in [-0.3, -0.25) is 15.4 Å². The summed E-state index contributed by atoms with van der Waals surface area (Å²) in [6.45, 7) is 1.52. The van der Waals surface area contributed by atoms with E-state index >= 15 is 0 Å². The Morgan fingerprint density at radius 3 is 2.82 bits per heavy atom. The topological polar surface area (TPSA) is 64.6 Å². The summed E-state index contributed by atoms with van der Waals surface area (Å²) < 4.78 is 14.2. The van der Waals surface area contributed by atoms with E-state index in [1.165, 1.54) is 5.48 Å². The van der Waals surface area contributed by atoms with E-state index in [1.54, 1.807) is 6.07 Å². The second-order valence-corrected chi connectivity index (χ2v) is 5.21. The van der Waals surface area contributed by atoms with Crippen LogP contribution in [0.25, 0.3) is 0 Å². The SMILES string of the molecule is O=C(NO)c1cc(F)c2c(c1)CNN(Cc1ccccc1)C2. The molecule has 0 aromatic heterocycles.